The third-order valence-electron chi connectivity index (χ3n) is 4.53. The molecule has 0 bridgehead atoms. The van der Waals surface area contributed by atoms with Gasteiger partial charge in [-0.15, -0.1) is 0 Å². The summed E-state index contributed by atoms with van der Waals surface area (Å²) in [4.78, 5) is 28.2. The quantitative estimate of drug-likeness (QED) is 0.823. The second kappa shape index (κ2) is 8.77. The van der Waals surface area contributed by atoms with Crippen LogP contribution in [0.3, 0.4) is 0 Å². The van der Waals surface area contributed by atoms with Crippen molar-refractivity contribution in [3.63, 3.8) is 0 Å². The van der Waals surface area contributed by atoms with Crippen molar-refractivity contribution in [2.75, 3.05) is 39.3 Å². The van der Waals surface area contributed by atoms with Gasteiger partial charge in [0, 0.05) is 45.3 Å². The summed E-state index contributed by atoms with van der Waals surface area (Å²) in [7, 11) is 0. The van der Waals surface area contributed by atoms with Crippen LogP contribution in [0.1, 0.15) is 21.8 Å². The number of benzene rings is 1. The van der Waals surface area contributed by atoms with Gasteiger partial charge in [0.15, 0.2) is 5.69 Å². The van der Waals surface area contributed by atoms with Crippen molar-refractivity contribution in [1.82, 2.24) is 20.3 Å². The van der Waals surface area contributed by atoms with Crippen LogP contribution in [0.25, 0.3) is 0 Å². The summed E-state index contributed by atoms with van der Waals surface area (Å²) in [5.74, 6) is 0.111. The number of piperazine rings is 1. The maximum Gasteiger partial charge on any atom is 0.276 e. The summed E-state index contributed by atoms with van der Waals surface area (Å²) in [5.41, 5.74) is 1.12. The van der Waals surface area contributed by atoms with Crippen molar-refractivity contribution >= 4 is 11.8 Å². The minimum atomic E-state index is -0.310. The molecule has 1 aliphatic rings. The molecule has 1 fully saturated rings. The summed E-state index contributed by atoms with van der Waals surface area (Å²) < 4.78 is 17.8. The molecule has 2 aromatic rings. The van der Waals surface area contributed by atoms with E-state index in [1.165, 1.54) is 12.1 Å². The second-order valence-corrected chi connectivity index (χ2v) is 6.61. The van der Waals surface area contributed by atoms with Crippen molar-refractivity contribution in [3.8, 4) is 0 Å². The molecule has 0 aliphatic carbocycles. The van der Waals surface area contributed by atoms with Gasteiger partial charge in [-0.25, -0.2) is 4.39 Å². The molecule has 144 valence electrons. The van der Waals surface area contributed by atoms with Crippen LogP contribution in [-0.2, 0) is 11.2 Å². The van der Waals surface area contributed by atoms with Gasteiger partial charge in [-0.2, -0.15) is 0 Å². The Morgan fingerprint density at radius 1 is 1.19 bits per heavy atom. The first-order valence-electron chi connectivity index (χ1n) is 8.97. The number of amides is 2. The third-order valence-corrected chi connectivity index (χ3v) is 4.53. The number of carbonyl (C=O) groups is 2. The SMILES string of the molecule is Cc1cc(C(=O)N2CCN(CCNC(=O)Cc3ccc(F)cc3)CC2)no1. The number of aryl methyl sites for hydroxylation is 1. The van der Waals surface area contributed by atoms with Gasteiger partial charge >= 0.3 is 0 Å². The van der Waals surface area contributed by atoms with Gasteiger partial charge in [0.25, 0.3) is 5.91 Å². The first-order chi connectivity index (χ1) is 13.0. The standard InChI is InChI=1S/C19H23FN4O3/c1-14-12-17(22-27-14)19(26)24-10-8-23(9-11-24)7-6-21-18(25)13-15-2-4-16(20)5-3-15/h2-5,12H,6-11,13H2,1H3,(H,21,25). The number of nitrogens with one attached hydrogen (secondary N) is 1. The summed E-state index contributed by atoms with van der Waals surface area (Å²) >= 11 is 0. The Kier molecular flexibility index (Phi) is 6.18. The van der Waals surface area contributed by atoms with Crippen LogP contribution < -0.4 is 5.32 Å². The maximum atomic E-state index is 12.9. The van der Waals surface area contributed by atoms with Crippen LogP contribution in [0, 0.1) is 12.7 Å². The van der Waals surface area contributed by atoms with Crippen molar-refractivity contribution in [1.29, 1.82) is 0 Å². The zero-order chi connectivity index (χ0) is 19.2. The Morgan fingerprint density at radius 3 is 2.52 bits per heavy atom. The fourth-order valence-corrected chi connectivity index (χ4v) is 3.01. The Labute approximate surface area is 157 Å². The molecule has 0 spiro atoms. The predicted octanol–water partition coefficient (Wildman–Crippen LogP) is 1.24. The van der Waals surface area contributed by atoms with E-state index >= 15 is 0 Å². The molecule has 1 saturated heterocycles. The monoisotopic (exact) mass is 374 g/mol. The average molecular weight is 374 g/mol. The van der Waals surface area contributed by atoms with Crippen molar-refractivity contribution < 1.29 is 18.5 Å². The highest BCUT2D eigenvalue weighted by Crippen LogP contribution is 2.09. The third kappa shape index (κ3) is 5.37. The van der Waals surface area contributed by atoms with Crippen LogP contribution in [0.4, 0.5) is 4.39 Å². The zero-order valence-corrected chi connectivity index (χ0v) is 15.3. The molecule has 0 atom stereocenters. The Morgan fingerprint density at radius 2 is 1.89 bits per heavy atom. The van der Waals surface area contributed by atoms with Crippen molar-refractivity contribution in [3.05, 3.63) is 53.2 Å². The van der Waals surface area contributed by atoms with E-state index in [9.17, 15) is 14.0 Å². The van der Waals surface area contributed by atoms with Gasteiger partial charge in [-0.05, 0) is 24.6 Å². The van der Waals surface area contributed by atoms with Crippen LogP contribution in [0.5, 0.6) is 0 Å². The lowest BCUT2D eigenvalue weighted by atomic mass is 10.1. The highest BCUT2D eigenvalue weighted by atomic mass is 19.1. The molecule has 0 saturated carbocycles. The lowest BCUT2D eigenvalue weighted by Gasteiger charge is -2.34. The number of hydrogen-bond donors (Lipinski definition) is 1. The number of halogens is 1. The summed E-state index contributed by atoms with van der Waals surface area (Å²) in [6.07, 6.45) is 0.236. The van der Waals surface area contributed by atoms with E-state index < -0.39 is 0 Å². The molecule has 3 rings (SSSR count). The van der Waals surface area contributed by atoms with E-state index in [1.54, 1.807) is 30.0 Å². The topological polar surface area (TPSA) is 78.7 Å². The van der Waals surface area contributed by atoms with Gasteiger partial charge in [-0.1, -0.05) is 17.3 Å². The van der Waals surface area contributed by atoms with Gasteiger partial charge in [0.05, 0.1) is 6.42 Å². The molecule has 2 amide bonds. The minimum absolute atomic E-state index is 0.0863. The van der Waals surface area contributed by atoms with E-state index in [4.69, 9.17) is 4.52 Å². The first-order valence-corrected chi connectivity index (χ1v) is 8.97. The molecule has 1 aromatic heterocycles. The van der Waals surface area contributed by atoms with E-state index in [0.29, 0.717) is 31.1 Å². The fourth-order valence-electron chi connectivity index (χ4n) is 3.01. The molecule has 1 aromatic carbocycles. The fraction of sp³-hybridized carbons (Fsp3) is 0.421. The van der Waals surface area contributed by atoms with Crippen molar-refractivity contribution in [2.24, 2.45) is 0 Å². The van der Waals surface area contributed by atoms with Gasteiger partial charge in [0.2, 0.25) is 5.91 Å². The Hall–Kier alpha value is -2.74. The molecular weight excluding hydrogens is 351 g/mol. The van der Waals surface area contributed by atoms with Crippen LogP contribution in [0.15, 0.2) is 34.9 Å². The molecule has 27 heavy (non-hydrogen) atoms. The zero-order valence-electron chi connectivity index (χ0n) is 15.3. The van der Waals surface area contributed by atoms with E-state index in [1.807, 2.05) is 0 Å². The van der Waals surface area contributed by atoms with E-state index in [0.717, 1.165) is 25.2 Å². The first kappa shape index (κ1) is 19.0. The van der Waals surface area contributed by atoms with E-state index in [-0.39, 0.29) is 24.1 Å². The number of rotatable bonds is 6. The average Bonchev–Trinajstić information content (AvgIpc) is 3.10. The molecule has 7 nitrogen and oxygen atoms in total. The summed E-state index contributed by atoms with van der Waals surface area (Å²) in [5, 5.41) is 6.65. The molecule has 8 heteroatoms. The molecule has 2 heterocycles. The van der Waals surface area contributed by atoms with Crippen LogP contribution in [-0.4, -0.2) is 66.0 Å². The number of nitrogens with zero attached hydrogens (tertiary/aromatic N) is 3. The van der Waals surface area contributed by atoms with Crippen LogP contribution in [0.2, 0.25) is 0 Å². The number of carbonyl (C=O) groups excluding carboxylic acids is 2. The predicted molar refractivity (Wildman–Crippen MR) is 96.7 cm³/mol. The molecule has 1 N–H and O–H groups in total. The summed E-state index contributed by atoms with van der Waals surface area (Å²) in [6, 6.07) is 7.57. The molecule has 0 unspecified atom stereocenters. The molecule has 1 aliphatic heterocycles. The Balaban J connectivity index is 1.35. The summed E-state index contributed by atoms with van der Waals surface area (Å²) in [6.45, 7) is 5.75. The normalized spacial score (nSPS) is 15.0. The van der Waals surface area contributed by atoms with Crippen molar-refractivity contribution in [2.45, 2.75) is 13.3 Å². The molecular formula is C19H23FN4O3. The van der Waals surface area contributed by atoms with Gasteiger partial charge < -0.3 is 14.7 Å². The van der Waals surface area contributed by atoms with Gasteiger partial charge in [-0.3, -0.25) is 14.5 Å². The number of hydrogen-bond acceptors (Lipinski definition) is 5. The van der Waals surface area contributed by atoms with Crippen LogP contribution >= 0.6 is 0 Å². The number of aromatic nitrogens is 1. The minimum Gasteiger partial charge on any atom is -0.361 e. The van der Waals surface area contributed by atoms with Gasteiger partial charge in [0.1, 0.15) is 11.6 Å². The highest BCUT2D eigenvalue weighted by molar-refractivity contribution is 5.92. The van der Waals surface area contributed by atoms with E-state index in [2.05, 4.69) is 15.4 Å². The highest BCUT2D eigenvalue weighted by Gasteiger charge is 2.24. The lowest BCUT2D eigenvalue weighted by molar-refractivity contribution is -0.120. The smallest absolute Gasteiger partial charge is 0.276 e. The molecule has 0 radical (unpaired) electrons. The lowest BCUT2D eigenvalue weighted by Crippen LogP contribution is -2.50. The largest absolute Gasteiger partial charge is 0.361 e. The Bertz CT molecular complexity index is 783. The second-order valence-electron chi connectivity index (χ2n) is 6.61. The maximum absolute atomic E-state index is 12.9.